The minimum Gasteiger partial charge on any atom is -0.211 e. The lowest BCUT2D eigenvalue weighted by Gasteiger charge is -2.19. The summed E-state index contributed by atoms with van der Waals surface area (Å²) in [6.07, 6.45) is 1.35. The Kier molecular flexibility index (Phi) is 2.86. The summed E-state index contributed by atoms with van der Waals surface area (Å²) in [5.41, 5.74) is 0. The summed E-state index contributed by atoms with van der Waals surface area (Å²) >= 11 is 0. The molecular weight excluding hydrogens is 150 g/mol. The molecule has 4 heteroatoms. The van der Waals surface area contributed by atoms with E-state index in [2.05, 4.69) is 0 Å². The van der Waals surface area contributed by atoms with Gasteiger partial charge in [0.15, 0.2) is 0 Å². The molecule has 0 aromatic rings. The molecule has 1 N–H and O–H groups in total. The average molecular weight is 164 g/mol. The van der Waals surface area contributed by atoms with Gasteiger partial charge in [0.25, 0.3) is 0 Å². The standard InChI is InChI=1S/C6H14NO2S/c1-4-5-6(2,3)10(7,8)9/h7H,4-5H2,1-3H3. The van der Waals surface area contributed by atoms with Gasteiger partial charge in [-0.25, -0.2) is 8.42 Å². The highest BCUT2D eigenvalue weighted by molar-refractivity contribution is 7.90. The number of hydrogen-bond acceptors (Lipinski definition) is 2. The van der Waals surface area contributed by atoms with E-state index in [-0.39, 0.29) is 0 Å². The van der Waals surface area contributed by atoms with Crippen molar-refractivity contribution in [2.24, 2.45) is 0 Å². The van der Waals surface area contributed by atoms with Crippen molar-refractivity contribution in [3.8, 4) is 0 Å². The first kappa shape index (κ1) is 9.91. The lowest BCUT2D eigenvalue weighted by atomic mass is 10.1. The van der Waals surface area contributed by atoms with Crippen molar-refractivity contribution in [3.05, 3.63) is 0 Å². The van der Waals surface area contributed by atoms with Gasteiger partial charge in [0, 0.05) is 0 Å². The molecule has 0 amide bonds. The zero-order valence-electron chi connectivity index (χ0n) is 6.64. The molecule has 0 aliphatic rings. The fourth-order valence-corrected chi connectivity index (χ4v) is 1.21. The van der Waals surface area contributed by atoms with Gasteiger partial charge >= 0.3 is 0 Å². The molecule has 0 aliphatic carbocycles. The Morgan fingerprint density at radius 1 is 1.40 bits per heavy atom. The van der Waals surface area contributed by atoms with Crippen molar-refractivity contribution >= 4 is 10.0 Å². The van der Waals surface area contributed by atoms with Crippen LogP contribution in [0.2, 0.25) is 0 Å². The molecular formula is C6H14NO2S. The second-order valence-corrected chi connectivity index (χ2v) is 5.13. The Labute approximate surface area is 62.7 Å². The van der Waals surface area contributed by atoms with Crippen LogP contribution in [0.1, 0.15) is 33.6 Å². The van der Waals surface area contributed by atoms with Gasteiger partial charge in [-0.05, 0) is 20.3 Å². The van der Waals surface area contributed by atoms with Crippen LogP contribution in [0.25, 0.3) is 0 Å². The Balaban J connectivity index is 4.42. The number of rotatable bonds is 3. The van der Waals surface area contributed by atoms with Crippen LogP contribution in [0.4, 0.5) is 0 Å². The van der Waals surface area contributed by atoms with Gasteiger partial charge in [0.05, 0.1) is 4.75 Å². The Morgan fingerprint density at radius 2 is 1.80 bits per heavy atom. The topological polar surface area (TPSA) is 57.9 Å². The zero-order chi connectivity index (χ0) is 8.41. The van der Waals surface area contributed by atoms with Crippen LogP contribution < -0.4 is 5.14 Å². The second kappa shape index (κ2) is 2.88. The fourth-order valence-electron chi connectivity index (χ4n) is 0.736. The van der Waals surface area contributed by atoms with Gasteiger partial charge in [-0.3, -0.25) is 0 Å². The van der Waals surface area contributed by atoms with E-state index in [1.165, 1.54) is 0 Å². The summed E-state index contributed by atoms with van der Waals surface area (Å²) in [5, 5.41) is 6.81. The van der Waals surface area contributed by atoms with E-state index >= 15 is 0 Å². The van der Waals surface area contributed by atoms with Gasteiger partial charge < -0.3 is 0 Å². The molecule has 0 fully saturated rings. The second-order valence-electron chi connectivity index (χ2n) is 3.01. The highest BCUT2D eigenvalue weighted by Crippen LogP contribution is 2.19. The van der Waals surface area contributed by atoms with E-state index in [0.717, 1.165) is 6.42 Å². The molecule has 0 unspecified atom stereocenters. The minimum absolute atomic E-state index is 0.554. The summed E-state index contributed by atoms with van der Waals surface area (Å²) in [4.78, 5) is 0. The molecule has 1 radical (unpaired) electrons. The first-order chi connectivity index (χ1) is 4.31. The largest absolute Gasteiger partial charge is 0.230 e. The van der Waals surface area contributed by atoms with Crippen LogP contribution in [0.5, 0.6) is 0 Å². The number of sulfonamides is 1. The van der Waals surface area contributed by atoms with Gasteiger partial charge in [0.1, 0.15) is 0 Å². The van der Waals surface area contributed by atoms with Crippen molar-refractivity contribution in [3.63, 3.8) is 0 Å². The predicted molar refractivity (Wildman–Crippen MR) is 41.0 cm³/mol. The molecule has 3 nitrogen and oxygen atoms in total. The molecule has 0 heterocycles. The maximum absolute atomic E-state index is 10.7. The van der Waals surface area contributed by atoms with Gasteiger partial charge in [-0.1, -0.05) is 13.3 Å². The van der Waals surface area contributed by atoms with E-state index in [1.54, 1.807) is 13.8 Å². The maximum Gasteiger partial charge on any atom is 0.230 e. The third kappa shape index (κ3) is 2.27. The third-order valence-corrected chi connectivity index (χ3v) is 3.24. The Bertz CT molecular complexity index is 194. The number of hydrogen-bond donors (Lipinski definition) is 0. The highest BCUT2D eigenvalue weighted by Gasteiger charge is 2.30. The zero-order valence-corrected chi connectivity index (χ0v) is 7.46. The molecule has 10 heavy (non-hydrogen) atoms. The first-order valence-electron chi connectivity index (χ1n) is 3.30. The van der Waals surface area contributed by atoms with Crippen molar-refractivity contribution < 1.29 is 8.42 Å². The minimum atomic E-state index is -3.61. The molecule has 0 atom stereocenters. The lowest BCUT2D eigenvalue weighted by molar-refractivity contribution is 0.523. The molecule has 0 aromatic carbocycles. The summed E-state index contributed by atoms with van der Waals surface area (Å²) in [6.45, 7) is 5.07. The molecule has 0 spiro atoms. The Morgan fingerprint density at radius 3 is 1.90 bits per heavy atom. The lowest BCUT2D eigenvalue weighted by Crippen LogP contribution is -2.31. The summed E-state index contributed by atoms with van der Waals surface area (Å²) < 4.78 is 20.5. The van der Waals surface area contributed by atoms with Crippen LogP contribution in [0, 0.1) is 0 Å². The molecule has 0 rings (SSSR count). The molecule has 0 saturated carbocycles. The summed E-state index contributed by atoms with van der Waals surface area (Å²) in [6, 6.07) is 0. The molecule has 0 saturated heterocycles. The molecule has 61 valence electrons. The highest BCUT2D eigenvalue weighted by atomic mass is 32.2. The van der Waals surface area contributed by atoms with Crippen molar-refractivity contribution in [2.45, 2.75) is 38.4 Å². The van der Waals surface area contributed by atoms with E-state index in [0.29, 0.717) is 6.42 Å². The first-order valence-corrected chi connectivity index (χ1v) is 4.79. The number of nitrogens with one attached hydrogen (secondary N) is 1. The van der Waals surface area contributed by atoms with Gasteiger partial charge in [-0.15, -0.1) is 5.14 Å². The quantitative estimate of drug-likeness (QED) is 0.628. The summed E-state index contributed by atoms with van der Waals surface area (Å²) in [5.74, 6) is 0. The van der Waals surface area contributed by atoms with E-state index in [4.69, 9.17) is 5.14 Å². The van der Waals surface area contributed by atoms with E-state index in [9.17, 15) is 8.42 Å². The van der Waals surface area contributed by atoms with Crippen molar-refractivity contribution in [2.75, 3.05) is 0 Å². The van der Waals surface area contributed by atoms with E-state index < -0.39 is 14.8 Å². The molecule has 0 aromatic heterocycles. The smallest absolute Gasteiger partial charge is 0.211 e. The third-order valence-electron chi connectivity index (χ3n) is 1.58. The van der Waals surface area contributed by atoms with Crippen LogP contribution >= 0.6 is 0 Å². The van der Waals surface area contributed by atoms with E-state index in [1.807, 2.05) is 6.92 Å². The van der Waals surface area contributed by atoms with Crippen LogP contribution in [0.3, 0.4) is 0 Å². The molecule has 0 aliphatic heterocycles. The van der Waals surface area contributed by atoms with Crippen LogP contribution in [0.15, 0.2) is 0 Å². The normalized spacial score (nSPS) is 13.6. The molecule has 0 bridgehead atoms. The van der Waals surface area contributed by atoms with Gasteiger partial charge in [0.2, 0.25) is 10.0 Å². The monoisotopic (exact) mass is 164 g/mol. The maximum atomic E-state index is 10.7. The van der Waals surface area contributed by atoms with Crippen molar-refractivity contribution in [1.29, 1.82) is 0 Å². The SMILES string of the molecule is CCCC(C)(C)S([NH])(=O)=O. The Hall–Kier alpha value is -0.0900. The predicted octanol–water partition coefficient (Wildman–Crippen LogP) is 1.18. The van der Waals surface area contributed by atoms with Crippen LogP contribution in [-0.4, -0.2) is 13.2 Å². The summed E-state index contributed by atoms with van der Waals surface area (Å²) in [7, 11) is -3.61. The van der Waals surface area contributed by atoms with Crippen molar-refractivity contribution in [1.82, 2.24) is 5.14 Å². The van der Waals surface area contributed by atoms with Gasteiger partial charge in [-0.2, -0.15) is 0 Å². The average Bonchev–Trinajstić information content (AvgIpc) is 1.61. The van der Waals surface area contributed by atoms with Crippen LogP contribution in [-0.2, 0) is 10.0 Å². The fraction of sp³-hybridized carbons (Fsp3) is 1.00.